The topological polar surface area (TPSA) is 81.8 Å². The number of fused-ring (bicyclic) bond motifs is 2. The summed E-state index contributed by atoms with van der Waals surface area (Å²) in [6.45, 7) is 7.62. The molecular weight excluding hydrogens is 470 g/mol. The number of aryl methyl sites for hydroxylation is 1. The van der Waals surface area contributed by atoms with Crippen LogP contribution in [0.1, 0.15) is 30.9 Å². The fourth-order valence-corrected chi connectivity index (χ4v) is 6.15. The van der Waals surface area contributed by atoms with E-state index in [1.54, 1.807) is 0 Å². The van der Waals surface area contributed by atoms with Crippen molar-refractivity contribution in [1.82, 2.24) is 25.4 Å². The highest BCUT2D eigenvalue weighted by Gasteiger charge is 2.45. The van der Waals surface area contributed by atoms with Gasteiger partial charge in [0.1, 0.15) is 17.7 Å². The number of nitrogens with one attached hydrogen (secondary N) is 2. The molecule has 1 fully saturated rings. The Labute approximate surface area is 225 Å². The monoisotopic (exact) mass is 507 g/mol. The van der Waals surface area contributed by atoms with Crippen molar-refractivity contribution in [3.63, 3.8) is 0 Å². The lowest BCUT2D eigenvalue weighted by Gasteiger charge is -2.47. The van der Waals surface area contributed by atoms with Gasteiger partial charge in [-0.2, -0.15) is 0 Å². The molecule has 196 valence electrons. The molecule has 1 unspecified atom stereocenters. The van der Waals surface area contributed by atoms with Crippen LogP contribution in [0.2, 0.25) is 0 Å². The Kier molecular flexibility index (Phi) is 6.64. The third kappa shape index (κ3) is 4.36. The predicted octanol–water partition coefficient (Wildman–Crippen LogP) is 4.27. The zero-order valence-electron chi connectivity index (χ0n) is 22.5. The van der Waals surface area contributed by atoms with E-state index >= 15 is 0 Å². The summed E-state index contributed by atoms with van der Waals surface area (Å²) in [7, 11) is 2.02. The van der Waals surface area contributed by atoms with Crippen molar-refractivity contribution < 1.29 is 0 Å². The van der Waals surface area contributed by atoms with Crippen molar-refractivity contribution in [3.8, 4) is 11.3 Å². The molecule has 1 aromatic heterocycles. The van der Waals surface area contributed by atoms with Gasteiger partial charge >= 0.3 is 0 Å². The molecule has 0 radical (unpaired) electrons. The van der Waals surface area contributed by atoms with Gasteiger partial charge in [0.05, 0.1) is 16.9 Å². The summed E-state index contributed by atoms with van der Waals surface area (Å²) < 4.78 is 0. The zero-order valence-corrected chi connectivity index (χ0v) is 22.5. The molecule has 1 aliphatic carbocycles. The number of nitrogens with zero attached hydrogens (tertiary/aromatic N) is 4. The van der Waals surface area contributed by atoms with E-state index in [1.807, 2.05) is 19.3 Å². The van der Waals surface area contributed by atoms with Crippen LogP contribution >= 0.6 is 0 Å². The summed E-state index contributed by atoms with van der Waals surface area (Å²) in [5.74, 6) is 1.09. The van der Waals surface area contributed by atoms with Gasteiger partial charge < -0.3 is 21.3 Å². The normalized spacial score (nSPS) is 22.5. The minimum absolute atomic E-state index is 0.172. The Morgan fingerprint density at radius 1 is 1.11 bits per heavy atom. The fraction of sp³-hybridized carbons (Fsp3) is 0.355. The highest BCUT2D eigenvalue weighted by atomic mass is 15.4. The molecule has 0 spiro atoms. The van der Waals surface area contributed by atoms with E-state index in [-0.39, 0.29) is 6.17 Å². The maximum absolute atomic E-state index is 6.49. The molecular formula is C31H37N7. The molecule has 3 aliphatic rings. The van der Waals surface area contributed by atoms with Crippen molar-refractivity contribution in [2.24, 2.45) is 16.6 Å². The molecule has 3 aromatic rings. The number of hydrogen-bond donors (Lipinski definition) is 3. The van der Waals surface area contributed by atoms with Gasteiger partial charge in [0.25, 0.3) is 0 Å². The van der Waals surface area contributed by atoms with E-state index in [9.17, 15) is 0 Å². The van der Waals surface area contributed by atoms with E-state index in [2.05, 4.69) is 94.0 Å². The first-order valence-corrected chi connectivity index (χ1v) is 13.7. The van der Waals surface area contributed by atoms with Gasteiger partial charge in [0, 0.05) is 54.0 Å². The van der Waals surface area contributed by atoms with Crippen LogP contribution in [0.15, 0.2) is 77.7 Å². The number of pyridine rings is 1. The van der Waals surface area contributed by atoms with Gasteiger partial charge in [0.15, 0.2) is 0 Å². The summed E-state index contributed by atoms with van der Waals surface area (Å²) in [6, 6.07) is 19.7. The highest BCUT2D eigenvalue weighted by molar-refractivity contribution is 6.05. The van der Waals surface area contributed by atoms with Gasteiger partial charge in [-0.25, -0.2) is 9.98 Å². The van der Waals surface area contributed by atoms with Crippen molar-refractivity contribution in [1.29, 1.82) is 0 Å². The first kappa shape index (κ1) is 24.6. The number of likely N-dealkylation sites (N-methyl/N-ethyl adjacent to an activating group) is 2. The Bertz CT molecular complexity index is 1420. The van der Waals surface area contributed by atoms with E-state index in [0.717, 1.165) is 53.4 Å². The summed E-state index contributed by atoms with van der Waals surface area (Å²) in [5.41, 5.74) is 13.9. The van der Waals surface area contributed by atoms with Crippen LogP contribution in [0.3, 0.4) is 0 Å². The Balaban J connectivity index is 1.30. The van der Waals surface area contributed by atoms with E-state index in [1.165, 1.54) is 23.8 Å². The Morgan fingerprint density at radius 3 is 2.68 bits per heavy atom. The molecule has 38 heavy (non-hydrogen) atoms. The van der Waals surface area contributed by atoms with E-state index in [4.69, 9.17) is 10.7 Å². The molecule has 1 atom stereocenters. The average molecular weight is 508 g/mol. The number of aromatic nitrogens is 1. The van der Waals surface area contributed by atoms with Gasteiger partial charge in [-0.1, -0.05) is 49.4 Å². The van der Waals surface area contributed by atoms with Crippen LogP contribution in [0.4, 0.5) is 0 Å². The van der Waals surface area contributed by atoms with Crippen LogP contribution < -0.4 is 16.4 Å². The van der Waals surface area contributed by atoms with Gasteiger partial charge in [-0.15, -0.1) is 0 Å². The summed E-state index contributed by atoms with van der Waals surface area (Å²) >= 11 is 0. The van der Waals surface area contributed by atoms with Crippen LogP contribution in [-0.4, -0.2) is 59.5 Å². The maximum Gasteiger partial charge on any atom is 0.149 e. The maximum atomic E-state index is 6.49. The number of aliphatic imine (C=N–C) groups is 1. The lowest BCUT2D eigenvalue weighted by Crippen LogP contribution is -2.54. The fourth-order valence-electron chi connectivity index (χ4n) is 6.15. The Hall–Kier alpha value is -3.68. The summed E-state index contributed by atoms with van der Waals surface area (Å²) in [4.78, 5) is 14.4. The molecule has 0 amide bonds. The highest BCUT2D eigenvalue weighted by Crippen LogP contribution is 2.42. The van der Waals surface area contributed by atoms with E-state index in [0.29, 0.717) is 17.8 Å². The van der Waals surface area contributed by atoms with Gasteiger partial charge in [-0.05, 0) is 51.1 Å². The Morgan fingerprint density at radius 2 is 1.92 bits per heavy atom. The van der Waals surface area contributed by atoms with Crippen molar-refractivity contribution in [3.05, 3.63) is 83.8 Å². The third-order valence-corrected chi connectivity index (χ3v) is 8.31. The molecule has 6 rings (SSSR count). The van der Waals surface area contributed by atoms with E-state index < -0.39 is 0 Å². The third-order valence-electron chi connectivity index (χ3n) is 8.31. The second-order valence-electron chi connectivity index (χ2n) is 10.6. The van der Waals surface area contributed by atoms with Crippen molar-refractivity contribution in [2.45, 2.75) is 38.9 Å². The molecule has 7 heteroatoms. The standard InChI is InChI=1S/C31H37N7/c1-4-37(14-12-33-3)24-17-23(18-24)31-36-28(29-30(32)34-13-15-38(29)31)22-10-11-25-20(2)16-26(35-27(25)19-22)21-8-6-5-7-9-21/h5-11,13,15-16,19,23-24,31,33,36H,4,12,14,17-18H2,1-3H3,(H2,32,34). The average Bonchev–Trinajstić information content (AvgIpc) is 3.30. The molecule has 1 saturated carbocycles. The summed E-state index contributed by atoms with van der Waals surface area (Å²) in [5, 5.41) is 8.31. The molecule has 0 saturated heterocycles. The number of amidine groups is 1. The van der Waals surface area contributed by atoms with Crippen molar-refractivity contribution >= 4 is 22.4 Å². The molecule has 0 bridgehead atoms. The number of benzene rings is 2. The SMILES string of the molecule is CCN(CCNC)C1CC(C2NC(c3ccc4c(C)cc(-c5ccccc5)nc4c3)=C3C(N)=NC=CN32)C1. The number of hydrogen-bond acceptors (Lipinski definition) is 7. The zero-order chi connectivity index (χ0) is 26.2. The second-order valence-corrected chi connectivity index (χ2v) is 10.6. The lowest BCUT2D eigenvalue weighted by molar-refractivity contribution is 0.0430. The first-order chi connectivity index (χ1) is 18.6. The lowest BCUT2D eigenvalue weighted by atomic mass is 9.76. The van der Waals surface area contributed by atoms with Crippen LogP contribution in [0.25, 0.3) is 27.9 Å². The number of rotatable bonds is 8. The van der Waals surface area contributed by atoms with Gasteiger partial charge in [-0.3, -0.25) is 4.90 Å². The second kappa shape index (κ2) is 10.2. The molecule has 2 aliphatic heterocycles. The van der Waals surface area contributed by atoms with Crippen LogP contribution in [0, 0.1) is 12.8 Å². The predicted molar refractivity (Wildman–Crippen MR) is 156 cm³/mol. The minimum Gasteiger partial charge on any atom is -0.382 e. The smallest absolute Gasteiger partial charge is 0.149 e. The van der Waals surface area contributed by atoms with Crippen LogP contribution in [0.5, 0.6) is 0 Å². The first-order valence-electron chi connectivity index (χ1n) is 13.7. The van der Waals surface area contributed by atoms with Crippen LogP contribution in [-0.2, 0) is 0 Å². The number of nitrogens with two attached hydrogens (primary N) is 1. The minimum atomic E-state index is 0.172. The molecule has 7 nitrogen and oxygen atoms in total. The molecule has 2 aromatic carbocycles. The van der Waals surface area contributed by atoms with Gasteiger partial charge in [0.2, 0.25) is 0 Å². The van der Waals surface area contributed by atoms with Crippen molar-refractivity contribution in [2.75, 3.05) is 26.7 Å². The molecule has 4 N–H and O–H groups in total. The summed E-state index contributed by atoms with van der Waals surface area (Å²) in [6.07, 6.45) is 6.41. The molecule has 3 heterocycles. The largest absolute Gasteiger partial charge is 0.382 e. The quantitative estimate of drug-likeness (QED) is 0.423.